The lowest BCUT2D eigenvalue weighted by Gasteiger charge is -2.21. The van der Waals surface area contributed by atoms with E-state index in [-0.39, 0.29) is 11.7 Å². The Hall–Kier alpha value is -2.25. The van der Waals surface area contributed by atoms with Gasteiger partial charge in [-0.2, -0.15) is 11.0 Å². The van der Waals surface area contributed by atoms with Gasteiger partial charge in [0.25, 0.3) is 0 Å². The number of hydroxylamine groups is 2. The second kappa shape index (κ2) is 4.73. The summed E-state index contributed by atoms with van der Waals surface area (Å²) >= 11 is 0. The van der Waals surface area contributed by atoms with E-state index in [1.54, 1.807) is 0 Å². The second-order valence-corrected chi connectivity index (χ2v) is 3.51. The Morgan fingerprint density at radius 2 is 2.18 bits per heavy atom. The van der Waals surface area contributed by atoms with Crippen LogP contribution in [0.4, 0.5) is 5.69 Å². The molecule has 1 aliphatic rings. The van der Waals surface area contributed by atoms with Gasteiger partial charge in [-0.25, -0.2) is 5.21 Å². The minimum absolute atomic E-state index is 0.140. The summed E-state index contributed by atoms with van der Waals surface area (Å²) in [6, 6.07) is 7.52. The van der Waals surface area contributed by atoms with Crippen molar-refractivity contribution in [2.45, 2.75) is 6.92 Å². The molecule has 0 spiro atoms. The highest BCUT2D eigenvalue weighted by Gasteiger charge is 2.15. The number of benzene rings is 1. The maximum atomic E-state index is 9.14. The first-order valence-corrected chi connectivity index (χ1v) is 4.96. The largest absolute Gasteiger partial charge is 0.606 e. The van der Waals surface area contributed by atoms with Gasteiger partial charge in [-0.15, -0.1) is 5.69 Å². The van der Waals surface area contributed by atoms with Crippen molar-refractivity contribution >= 4 is 11.5 Å². The summed E-state index contributed by atoms with van der Waals surface area (Å²) < 4.78 is 0. The summed E-state index contributed by atoms with van der Waals surface area (Å²) in [5.41, 5.74) is 11.0. The number of quaternary nitrogens is 1. The van der Waals surface area contributed by atoms with Gasteiger partial charge in [-0.05, 0) is 12.1 Å². The molecular weight excluding hydrogens is 222 g/mol. The molecule has 2 rings (SSSR count). The smallest absolute Gasteiger partial charge is 0.197 e. The SMILES string of the molecule is Cc1ccc([N-]C([NH2+]O)=C2NON=C2N)cc1. The maximum absolute atomic E-state index is 9.14. The Morgan fingerprint density at radius 3 is 2.71 bits per heavy atom. The standard InChI is InChI=1S/C10H12N5O2/c1-6-2-4-7(5-3-6)12-10(13-16)8-9(11)15-17-14-8/h2-5,13-14,16H,1H3,(H2,11,15)/q-1/p+1. The number of rotatable bonds is 3. The number of hydrogen-bond donors (Lipinski definition) is 4. The van der Waals surface area contributed by atoms with E-state index in [1.165, 1.54) is 0 Å². The van der Waals surface area contributed by atoms with Crippen molar-refractivity contribution in [1.29, 1.82) is 0 Å². The average Bonchev–Trinajstić information content (AvgIpc) is 2.75. The van der Waals surface area contributed by atoms with E-state index in [0.29, 0.717) is 11.4 Å². The fourth-order valence-corrected chi connectivity index (χ4v) is 1.31. The van der Waals surface area contributed by atoms with E-state index in [2.05, 4.69) is 20.9 Å². The lowest BCUT2D eigenvalue weighted by Crippen LogP contribution is -2.79. The molecule has 0 saturated carbocycles. The van der Waals surface area contributed by atoms with Gasteiger partial charge in [0.05, 0.1) is 5.82 Å². The molecule has 0 bridgehead atoms. The van der Waals surface area contributed by atoms with Crippen molar-refractivity contribution in [1.82, 2.24) is 5.48 Å². The number of oxime groups is 1. The third-order valence-electron chi connectivity index (χ3n) is 2.21. The summed E-state index contributed by atoms with van der Waals surface area (Å²) in [6.07, 6.45) is 0. The van der Waals surface area contributed by atoms with Crippen molar-refractivity contribution in [2.75, 3.05) is 0 Å². The van der Waals surface area contributed by atoms with Crippen LogP contribution in [0.5, 0.6) is 0 Å². The van der Waals surface area contributed by atoms with Crippen molar-refractivity contribution < 1.29 is 15.6 Å². The highest BCUT2D eigenvalue weighted by atomic mass is 16.8. The molecule has 1 aliphatic heterocycles. The lowest BCUT2D eigenvalue weighted by atomic mass is 10.2. The Kier molecular flexibility index (Phi) is 3.12. The first-order valence-electron chi connectivity index (χ1n) is 4.96. The van der Waals surface area contributed by atoms with Gasteiger partial charge in [-0.3, -0.25) is 4.94 Å². The highest BCUT2D eigenvalue weighted by Crippen LogP contribution is 2.22. The molecule has 7 heteroatoms. The van der Waals surface area contributed by atoms with Gasteiger partial charge in [-0.1, -0.05) is 29.8 Å². The van der Waals surface area contributed by atoms with Crippen molar-refractivity contribution in [3.05, 3.63) is 46.7 Å². The van der Waals surface area contributed by atoms with Crippen molar-refractivity contribution in [3.63, 3.8) is 0 Å². The second-order valence-electron chi connectivity index (χ2n) is 3.51. The van der Waals surface area contributed by atoms with Crippen molar-refractivity contribution in [3.8, 4) is 0 Å². The van der Waals surface area contributed by atoms with Crippen LogP contribution < -0.4 is 16.7 Å². The molecule has 0 aliphatic carbocycles. The van der Waals surface area contributed by atoms with Crippen LogP contribution in [0.25, 0.3) is 5.32 Å². The van der Waals surface area contributed by atoms with Gasteiger partial charge < -0.3 is 11.1 Å². The highest BCUT2D eigenvalue weighted by molar-refractivity contribution is 5.97. The van der Waals surface area contributed by atoms with E-state index in [1.807, 2.05) is 31.2 Å². The Morgan fingerprint density at radius 1 is 1.47 bits per heavy atom. The summed E-state index contributed by atoms with van der Waals surface area (Å²) in [5, 5.41) is 16.8. The molecule has 0 amide bonds. The molecule has 17 heavy (non-hydrogen) atoms. The summed E-state index contributed by atoms with van der Waals surface area (Å²) in [5.74, 6) is 0.397. The first-order chi connectivity index (χ1) is 8.20. The topological polar surface area (TPSA) is 111 Å². The van der Waals surface area contributed by atoms with Gasteiger partial charge >= 0.3 is 0 Å². The van der Waals surface area contributed by atoms with Gasteiger partial charge in [0.15, 0.2) is 11.5 Å². The molecule has 6 N–H and O–H groups in total. The number of nitrogens with zero attached hydrogens (tertiary/aromatic N) is 2. The van der Waals surface area contributed by atoms with Crippen LogP contribution in [0, 0.1) is 6.92 Å². The Labute approximate surface area is 97.9 Å². The minimum Gasteiger partial charge on any atom is -0.606 e. The molecule has 90 valence electrons. The van der Waals surface area contributed by atoms with Gasteiger partial charge in [0, 0.05) is 0 Å². The summed E-state index contributed by atoms with van der Waals surface area (Å²) in [7, 11) is 0. The molecular formula is C10H13N5O2. The van der Waals surface area contributed by atoms with E-state index in [0.717, 1.165) is 11.0 Å². The maximum Gasteiger partial charge on any atom is 0.197 e. The molecule has 0 radical (unpaired) electrons. The van der Waals surface area contributed by atoms with Gasteiger partial charge in [0.1, 0.15) is 0 Å². The predicted octanol–water partition coefficient (Wildman–Crippen LogP) is -0.0711. The van der Waals surface area contributed by atoms with Crippen LogP contribution in [0.2, 0.25) is 0 Å². The lowest BCUT2D eigenvalue weighted by molar-refractivity contribution is -0.849. The third-order valence-corrected chi connectivity index (χ3v) is 2.21. The van der Waals surface area contributed by atoms with Crippen LogP contribution in [-0.4, -0.2) is 11.0 Å². The average molecular weight is 235 g/mol. The van der Waals surface area contributed by atoms with Crippen LogP contribution in [0.1, 0.15) is 5.56 Å². The molecule has 0 aromatic heterocycles. The number of aryl methyl sites for hydroxylation is 1. The molecule has 7 nitrogen and oxygen atoms in total. The fraction of sp³-hybridized carbons (Fsp3) is 0.100. The normalized spacial score (nSPS) is 16.9. The first kappa shape index (κ1) is 11.2. The van der Waals surface area contributed by atoms with Crippen molar-refractivity contribution in [2.24, 2.45) is 10.9 Å². The Balaban J connectivity index is 2.21. The number of hydrogen-bond acceptors (Lipinski definition) is 5. The molecule has 1 aromatic rings. The van der Waals surface area contributed by atoms with E-state index in [9.17, 15) is 0 Å². The molecule has 1 heterocycles. The molecule has 1 aromatic carbocycles. The third kappa shape index (κ3) is 2.47. The van der Waals surface area contributed by atoms with Crippen LogP contribution in [0.3, 0.4) is 0 Å². The molecule has 0 unspecified atom stereocenters. The summed E-state index contributed by atoms with van der Waals surface area (Å²) in [6.45, 7) is 1.98. The molecule has 0 atom stereocenters. The zero-order valence-electron chi connectivity index (χ0n) is 9.21. The van der Waals surface area contributed by atoms with Crippen LogP contribution in [-0.2, 0) is 4.94 Å². The zero-order chi connectivity index (χ0) is 12.3. The zero-order valence-corrected chi connectivity index (χ0v) is 9.21. The predicted molar refractivity (Wildman–Crippen MR) is 60.8 cm³/mol. The number of amidine groups is 1. The molecule has 0 fully saturated rings. The fourth-order valence-electron chi connectivity index (χ4n) is 1.31. The van der Waals surface area contributed by atoms with E-state index in [4.69, 9.17) is 10.9 Å². The van der Waals surface area contributed by atoms with E-state index >= 15 is 0 Å². The molecule has 0 saturated heterocycles. The van der Waals surface area contributed by atoms with E-state index < -0.39 is 0 Å². The van der Waals surface area contributed by atoms with Crippen LogP contribution >= 0.6 is 0 Å². The van der Waals surface area contributed by atoms with Gasteiger partial charge in [0.2, 0.25) is 0 Å². The minimum atomic E-state index is 0.140. The Bertz CT molecular complexity index is 466. The van der Waals surface area contributed by atoms with Crippen LogP contribution in [0.15, 0.2) is 40.9 Å². The summed E-state index contributed by atoms with van der Waals surface area (Å²) in [4.78, 5) is 4.57. The number of nitrogens with one attached hydrogen (secondary N) is 1. The quantitative estimate of drug-likeness (QED) is 0.549. The monoisotopic (exact) mass is 235 g/mol. The number of nitrogens with two attached hydrogens (primary N) is 2.